The second kappa shape index (κ2) is 4.00. The van der Waals surface area contributed by atoms with Gasteiger partial charge < -0.3 is 4.74 Å². The molecule has 0 spiro atoms. The molecule has 0 aliphatic rings. The predicted octanol–water partition coefficient (Wildman–Crippen LogP) is 2.53. The smallest absolute Gasteiger partial charge is 0.373 e. The average molecular weight is 208 g/mol. The zero-order valence-electron chi connectivity index (χ0n) is 7.85. The van der Waals surface area contributed by atoms with Gasteiger partial charge >= 0.3 is 6.18 Å². The number of halogens is 3. The van der Waals surface area contributed by atoms with Crippen molar-refractivity contribution in [3.8, 4) is 0 Å². The maximum atomic E-state index is 12.1. The lowest BCUT2D eigenvalue weighted by Gasteiger charge is -2.07. The van der Waals surface area contributed by atoms with Crippen LogP contribution in [0.2, 0.25) is 0 Å². The second-order valence-electron chi connectivity index (χ2n) is 2.80. The van der Waals surface area contributed by atoms with Crippen LogP contribution < -0.4 is 0 Å². The van der Waals surface area contributed by atoms with E-state index in [1.165, 1.54) is 0 Å². The first-order valence-corrected chi connectivity index (χ1v) is 4.19. The highest BCUT2D eigenvalue weighted by Gasteiger charge is 2.34. The lowest BCUT2D eigenvalue weighted by atomic mass is 10.2. The predicted molar refractivity (Wildman–Crippen MR) is 43.6 cm³/mol. The van der Waals surface area contributed by atoms with E-state index in [0.717, 1.165) is 6.07 Å². The van der Waals surface area contributed by atoms with Gasteiger partial charge in [0.1, 0.15) is 0 Å². The standard InChI is InChI=1S/C8H11F3N2O/c1-3-14-5(2)6-4-7(13-12-6)8(9,10)11/h4-5H,3H2,1-2H3,(H,12,13)/t5-/m1/s1. The van der Waals surface area contributed by atoms with Gasteiger partial charge in [-0.3, -0.25) is 5.10 Å². The first kappa shape index (κ1) is 11.0. The zero-order valence-corrected chi connectivity index (χ0v) is 7.85. The fourth-order valence-corrected chi connectivity index (χ4v) is 1.03. The molecule has 0 saturated carbocycles. The van der Waals surface area contributed by atoms with E-state index in [9.17, 15) is 13.2 Å². The number of alkyl halides is 3. The molecule has 1 rings (SSSR count). The second-order valence-corrected chi connectivity index (χ2v) is 2.80. The molecule has 0 fully saturated rings. The molecular weight excluding hydrogens is 197 g/mol. The Balaban J connectivity index is 2.78. The summed E-state index contributed by atoms with van der Waals surface area (Å²) in [5.74, 6) is 0. The van der Waals surface area contributed by atoms with Gasteiger partial charge in [0.25, 0.3) is 0 Å². The van der Waals surface area contributed by atoms with Crippen molar-refractivity contribution in [3.05, 3.63) is 17.5 Å². The summed E-state index contributed by atoms with van der Waals surface area (Å²) in [4.78, 5) is 0. The average Bonchev–Trinajstić information content (AvgIpc) is 2.51. The van der Waals surface area contributed by atoms with E-state index in [1.54, 1.807) is 13.8 Å². The molecule has 0 saturated heterocycles. The van der Waals surface area contributed by atoms with E-state index < -0.39 is 18.0 Å². The Morgan fingerprint density at radius 1 is 1.57 bits per heavy atom. The van der Waals surface area contributed by atoms with E-state index in [4.69, 9.17) is 4.74 Å². The molecule has 1 heterocycles. The van der Waals surface area contributed by atoms with Crippen LogP contribution in [-0.2, 0) is 10.9 Å². The molecule has 80 valence electrons. The Hall–Kier alpha value is -1.04. The van der Waals surface area contributed by atoms with Gasteiger partial charge in [0, 0.05) is 6.61 Å². The summed E-state index contributed by atoms with van der Waals surface area (Å²) in [5.41, 5.74) is -0.585. The Labute approximate surface area is 79.3 Å². The molecule has 0 radical (unpaired) electrons. The van der Waals surface area contributed by atoms with E-state index in [0.29, 0.717) is 12.3 Å². The molecule has 0 aliphatic heterocycles. The van der Waals surface area contributed by atoms with Gasteiger partial charge in [0.05, 0.1) is 11.8 Å². The number of H-pyrrole nitrogens is 1. The summed E-state index contributed by atoms with van der Waals surface area (Å²) < 4.78 is 41.5. The zero-order chi connectivity index (χ0) is 10.8. The van der Waals surface area contributed by atoms with E-state index in [2.05, 4.69) is 10.2 Å². The minimum Gasteiger partial charge on any atom is -0.373 e. The van der Waals surface area contributed by atoms with Crippen molar-refractivity contribution < 1.29 is 17.9 Å². The maximum Gasteiger partial charge on any atom is 0.435 e. The fourth-order valence-electron chi connectivity index (χ4n) is 1.03. The van der Waals surface area contributed by atoms with Crippen molar-refractivity contribution >= 4 is 0 Å². The lowest BCUT2D eigenvalue weighted by Crippen LogP contribution is -2.04. The SMILES string of the molecule is CCO[C@H](C)c1cc(C(F)(F)F)n[nH]1. The minimum atomic E-state index is -4.40. The first-order valence-electron chi connectivity index (χ1n) is 4.19. The molecule has 0 unspecified atom stereocenters. The minimum absolute atomic E-state index is 0.333. The Morgan fingerprint density at radius 3 is 2.64 bits per heavy atom. The van der Waals surface area contributed by atoms with Crippen LogP contribution in [-0.4, -0.2) is 16.8 Å². The molecule has 0 aromatic carbocycles. The van der Waals surface area contributed by atoms with Gasteiger partial charge in [0.2, 0.25) is 0 Å². The van der Waals surface area contributed by atoms with E-state index >= 15 is 0 Å². The Bertz CT molecular complexity index is 295. The number of ether oxygens (including phenoxy) is 1. The van der Waals surface area contributed by atoms with Gasteiger partial charge in [0.15, 0.2) is 5.69 Å². The molecular formula is C8H11F3N2O. The third kappa shape index (κ3) is 2.47. The molecule has 0 aliphatic carbocycles. The van der Waals surface area contributed by atoms with Gasteiger partial charge in [-0.05, 0) is 19.9 Å². The normalized spacial score (nSPS) is 14.4. The highest BCUT2D eigenvalue weighted by atomic mass is 19.4. The van der Waals surface area contributed by atoms with E-state index in [1.807, 2.05) is 0 Å². The number of rotatable bonds is 3. The monoisotopic (exact) mass is 208 g/mol. The molecule has 1 atom stereocenters. The van der Waals surface area contributed by atoms with Gasteiger partial charge in [-0.25, -0.2) is 0 Å². The van der Waals surface area contributed by atoms with Crippen molar-refractivity contribution in [2.24, 2.45) is 0 Å². The summed E-state index contributed by atoms with van der Waals surface area (Å²) in [6, 6.07) is 0.959. The molecule has 1 N–H and O–H groups in total. The molecule has 0 amide bonds. The van der Waals surface area contributed by atoms with Crippen LogP contribution in [0.4, 0.5) is 13.2 Å². The van der Waals surface area contributed by atoms with Crippen LogP contribution in [0, 0.1) is 0 Å². The van der Waals surface area contributed by atoms with Gasteiger partial charge in [-0.15, -0.1) is 0 Å². The van der Waals surface area contributed by atoms with E-state index in [-0.39, 0.29) is 0 Å². The lowest BCUT2D eigenvalue weighted by molar-refractivity contribution is -0.141. The summed E-state index contributed by atoms with van der Waals surface area (Å²) in [6.07, 6.45) is -4.80. The Morgan fingerprint density at radius 2 is 2.21 bits per heavy atom. The van der Waals surface area contributed by atoms with Crippen molar-refractivity contribution in [1.82, 2.24) is 10.2 Å². The third-order valence-corrected chi connectivity index (χ3v) is 1.74. The van der Waals surface area contributed by atoms with Crippen molar-refractivity contribution in [3.63, 3.8) is 0 Å². The van der Waals surface area contributed by atoms with Crippen molar-refractivity contribution in [2.45, 2.75) is 26.1 Å². The highest BCUT2D eigenvalue weighted by molar-refractivity contribution is 5.13. The number of hydrogen-bond acceptors (Lipinski definition) is 2. The third-order valence-electron chi connectivity index (χ3n) is 1.74. The fraction of sp³-hybridized carbons (Fsp3) is 0.625. The molecule has 3 nitrogen and oxygen atoms in total. The first-order chi connectivity index (χ1) is 6.45. The van der Waals surface area contributed by atoms with Gasteiger partial charge in [-0.1, -0.05) is 0 Å². The maximum absolute atomic E-state index is 12.1. The molecule has 14 heavy (non-hydrogen) atoms. The van der Waals surface area contributed by atoms with Crippen LogP contribution in [0.1, 0.15) is 31.3 Å². The number of nitrogens with zero attached hydrogens (tertiary/aromatic N) is 1. The number of aromatic amines is 1. The quantitative estimate of drug-likeness (QED) is 0.828. The molecule has 1 aromatic rings. The topological polar surface area (TPSA) is 37.9 Å². The van der Waals surface area contributed by atoms with Crippen LogP contribution in [0.5, 0.6) is 0 Å². The number of nitrogens with one attached hydrogen (secondary N) is 1. The number of hydrogen-bond donors (Lipinski definition) is 1. The summed E-state index contributed by atoms with van der Waals surface area (Å²) >= 11 is 0. The molecule has 1 aromatic heterocycles. The van der Waals surface area contributed by atoms with Crippen molar-refractivity contribution in [1.29, 1.82) is 0 Å². The molecule has 6 heteroatoms. The van der Waals surface area contributed by atoms with Crippen LogP contribution in [0.15, 0.2) is 6.07 Å². The summed E-state index contributed by atoms with van der Waals surface area (Å²) in [5, 5.41) is 5.46. The summed E-state index contributed by atoms with van der Waals surface area (Å²) in [7, 11) is 0. The van der Waals surface area contributed by atoms with Crippen LogP contribution >= 0.6 is 0 Å². The summed E-state index contributed by atoms with van der Waals surface area (Å²) in [6.45, 7) is 3.89. The van der Waals surface area contributed by atoms with Crippen molar-refractivity contribution in [2.75, 3.05) is 6.61 Å². The molecule has 0 bridgehead atoms. The van der Waals surface area contributed by atoms with Crippen LogP contribution in [0.3, 0.4) is 0 Å². The highest BCUT2D eigenvalue weighted by Crippen LogP contribution is 2.29. The van der Waals surface area contributed by atoms with Gasteiger partial charge in [-0.2, -0.15) is 18.3 Å². The van der Waals surface area contributed by atoms with Crippen LogP contribution in [0.25, 0.3) is 0 Å². The number of aromatic nitrogens is 2. The largest absolute Gasteiger partial charge is 0.435 e. The Kier molecular flexibility index (Phi) is 3.15.